The molecule has 0 saturated carbocycles. The molecular weight excluding hydrogens is 210 g/mol. The van der Waals surface area contributed by atoms with E-state index in [1.165, 1.54) is 24.8 Å². The van der Waals surface area contributed by atoms with E-state index < -0.39 is 0 Å². The van der Waals surface area contributed by atoms with Crippen molar-refractivity contribution in [3.05, 3.63) is 35.3 Å². The van der Waals surface area contributed by atoms with Crippen LogP contribution in [-0.2, 0) is 6.42 Å². The summed E-state index contributed by atoms with van der Waals surface area (Å²) in [4.78, 5) is 0. The third-order valence-electron chi connectivity index (χ3n) is 3.36. The van der Waals surface area contributed by atoms with Gasteiger partial charge in [-0.1, -0.05) is 19.9 Å². The minimum absolute atomic E-state index is 0.303. The van der Waals surface area contributed by atoms with Crippen molar-refractivity contribution >= 4 is 0 Å². The third kappa shape index (κ3) is 3.01. The first kappa shape index (κ1) is 12.4. The Morgan fingerprint density at radius 1 is 1.35 bits per heavy atom. The molecule has 0 fully saturated rings. The molecule has 0 aromatic carbocycles. The van der Waals surface area contributed by atoms with Crippen molar-refractivity contribution in [2.75, 3.05) is 6.54 Å². The average Bonchev–Trinajstić information content (AvgIpc) is 3.00. The highest BCUT2D eigenvalue weighted by Gasteiger charge is 2.21. The molecule has 1 unspecified atom stereocenters. The molecule has 94 valence electrons. The molecule has 2 rings (SSSR count). The van der Waals surface area contributed by atoms with E-state index in [9.17, 15) is 0 Å². The first-order chi connectivity index (χ1) is 8.35. The summed E-state index contributed by atoms with van der Waals surface area (Å²) in [5.41, 5.74) is 1.51. The number of hydrogen-bond acceptors (Lipinski definition) is 2. The summed E-state index contributed by atoms with van der Waals surface area (Å²) >= 11 is 0. The van der Waals surface area contributed by atoms with Crippen LogP contribution in [0.1, 0.15) is 57.1 Å². The van der Waals surface area contributed by atoms with E-state index in [0.29, 0.717) is 6.04 Å². The lowest BCUT2D eigenvalue weighted by molar-refractivity contribution is 0.416. The molecular formula is C15H23NO. The Morgan fingerprint density at radius 2 is 2.24 bits per heavy atom. The van der Waals surface area contributed by atoms with Gasteiger partial charge in [-0.15, -0.1) is 0 Å². The average molecular weight is 233 g/mol. The van der Waals surface area contributed by atoms with Crippen LogP contribution in [0, 0.1) is 0 Å². The fourth-order valence-electron chi connectivity index (χ4n) is 2.40. The second kappa shape index (κ2) is 6.06. The van der Waals surface area contributed by atoms with Crippen LogP contribution < -0.4 is 5.32 Å². The van der Waals surface area contributed by atoms with Gasteiger partial charge in [0.2, 0.25) is 0 Å². The van der Waals surface area contributed by atoms with E-state index in [2.05, 4.69) is 37.4 Å². The maximum atomic E-state index is 5.90. The molecule has 0 bridgehead atoms. The maximum absolute atomic E-state index is 5.90. The predicted octanol–water partition coefficient (Wildman–Crippen LogP) is 3.99. The van der Waals surface area contributed by atoms with Crippen molar-refractivity contribution in [2.45, 2.75) is 52.0 Å². The van der Waals surface area contributed by atoms with E-state index in [1.54, 1.807) is 0 Å². The van der Waals surface area contributed by atoms with E-state index in [4.69, 9.17) is 4.42 Å². The molecule has 0 aliphatic heterocycles. The van der Waals surface area contributed by atoms with Gasteiger partial charge < -0.3 is 9.73 Å². The smallest absolute Gasteiger partial charge is 0.125 e. The SMILES string of the molecule is CCCNC(C1=CCCC1)c1ccc(CC)o1. The lowest BCUT2D eigenvalue weighted by Gasteiger charge is -2.17. The largest absolute Gasteiger partial charge is 0.464 e. The van der Waals surface area contributed by atoms with Crippen LogP contribution in [0.5, 0.6) is 0 Å². The van der Waals surface area contributed by atoms with Crippen LogP contribution in [0.4, 0.5) is 0 Å². The number of hydrogen-bond donors (Lipinski definition) is 1. The summed E-state index contributed by atoms with van der Waals surface area (Å²) < 4.78 is 5.90. The minimum Gasteiger partial charge on any atom is -0.464 e. The zero-order valence-electron chi connectivity index (χ0n) is 11.0. The highest BCUT2D eigenvalue weighted by atomic mass is 16.3. The van der Waals surface area contributed by atoms with Gasteiger partial charge in [0.25, 0.3) is 0 Å². The van der Waals surface area contributed by atoms with E-state index >= 15 is 0 Å². The van der Waals surface area contributed by atoms with Gasteiger partial charge in [0.05, 0.1) is 6.04 Å². The van der Waals surface area contributed by atoms with Crippen molar-refractivity contribution in [2.24, 2.45) is 0 Å². The highest BCUT2D eigenvalue weighted by Crippen LogP contribution is 2.31. The zero-order chi connectivity index (χ0) is 12.1. The molecule has 1 N–H and O–H groups in total. The predicted molar refractivity (Wildman–Crippen MR) is 71.1 cm³/mol. The Morgan fingerprint density at radius 3 is 2.82 bits per heavy atom. The van der Waals surface area contributed by atoms with Gasteiger partial charge in [0, 0.05) is 6.42 Å². The van der Waals surface area contributed by atoms with Crippen molar-refractivity contribution in [1.29, 1.82) is 0 Å². The monoisotopic (exact) mass is 233 g/mol. The quantitative estimate of drug-likeness (QED) is 0.751. The molecule has 1 aliphatic carbocycles. The third-order valence-corrected chi connectivity index (χ3v) is 3.36. The Bertz CT molecular complexity index is 378. The Balaban J connectivity index is 2.13. The van der Waals surface area contributed by atoms with Gasteiger partial charge in [0.15, 0.2) is 0 Å². The summed E-state index contributed by atoms with van der Waals surface area (Å²) in [5, 5.41) is 3.60. The number of furan rings is 1. The maximum Gasteiger partial charge on any atom is 0.125 e. The molecule has 2 nitrogen and oxygen atoms in total. The number of nitrogens with one attached hydrogen (secondary N) is 1. The van der Waals surface area contributed by atoms with Gasteiger partial charge in [-0.25, -0.2) is 0 Å². The van der Waals surface area contributed by atoms with Crippen LogP contribution in [0.2, 0.25) is 0 Å². The first-order valence-corrected chi connectivity index (χ1v) is 6.86. The lowest BCUT2D eigenvalue weighted by Crippen LogP contribution is -2.23. The van der Waals surface area contributed by atoms with Gasteiger partial charge in [-0.05, 0) is 49.9 Å². The van der Waals surface area contributed by atoms with E-state index in [0.717, 1.165) is 30.9 Å². The molecule has 1 aromatic heterocycles. The van der Waals surface area contributed by atoms with Gasteiger partial charge in [-0.2, -0.15) is 0 Å². The lowest BCUT2D eigenvalue weighted by atomic mass is 10.0. The fraction of sp³-hybridized carbons (Fsp3) is 0.600. The first-order valence-electron chi connectivity index (χ1n) is 6.86. The molecule has 1 aliphatic rings. The Hall–Kier alpha value is -1.02. The molecule has 1 aromatic rings. The van der Waals surface area contributed by atoms with Crippen LogP contribution in [0.15, 0.2) is 28.2 Å². The van der Waals surface area contributed by atoms with Crippen LogP contribution >= 0.6 is 0 Å². The molecule has 2 heteroatoms. The number of rotatable bonds is 6. The number of allylic oxidation sites excluding steroid dienone is 1. The molecule has 17 heavy (non-hydrogen) atoms. The van der Waals surface area contributed by atoms with Crippen molar-refractivity contribution < 1.29 is 4.42 Å². The summed E-state index contributed by atoms with van der Waals surface area (Å²) in [6.45, 7) is 5.38. The fourth-order valence-corrected chi connectivity index (χ4v) is 2.40. The normalized spacial score (nSPS) is 17.2. The molecule has 1 heterocycles. The van der Waals surface area contributed by atoms with Crippen molar-refractivity contribution in [1.82, 2.24) is 5.32 Å². The standard InChI is InChI=1S/C15H23NO/c1-3-11-16-15(12-7-5-6-8-12)14-10-9-13(4-2)17-14/h7,9-10,15-16H,3-6,8,11H2,1-2H3. The molecule has 0 saturated heterocycles. The van der Waals surface area contributed by atoms with Crippen molar-refractivity contribution in [3.8, 4) is 0 Å². The highest BCUT2D eigenvalue weighted by molar-refractivity contribution is 5.24. The summed E-state index contributed by atoms with van der Waals surface area (Å²) in [6, 6.07) is 4.54. The van der Waals surface area contributed by atoms with Crippen LogP contribution in [0.25, 0.3) is 0 Å². The second-order valence-electron chi connectivity index (χ2n) is 4.72. The minimum atomic E-state index is 0.303. The van der Waals surface area contributed by atoms with Gasteiger partial charge in [0.1, 0.15) is 11.5 Å². The van der Waals surface area contributed by atoms with E-state index in [-0.39, 0.29) is 0 Å². The van der Waals surface area contributed by atoms with Gasteiger partial charge >= 0.3 is 0 Å². The van der Waals surface area contributed by atoms with E-state index in [1.807, 2.05) is 0 Å². The summed E-state index contributed by atoms with van der Waals surface area (Å²) in [7, 11) is 0. The number of aryl methyl sites for hydroxylation is 1. The second-order valence-corrected chi connectivity index (χ2v) is 4.72. The van der Waals surface area contributed by atoms with Crippen LogP contribution in [-0.4, -0.2) is 6.54 Å². The van der Waals surface area contributed by atoms with Crippen LogP contribution in [0.3, 0.4) is 0 Å². The summed E-state index contributed by atoms with van der Waals surface area (Å²) in [6.07, 6.45) is 8.23. The molecule has 0 amide bonds. The topological polar surface area (TPSA) is 25.2 Å². The van der Waals surface area contributed by atoms with Gasteiger partial charge in [-0.3, -0.25) is 0 Å². The Kier molecular flexibility index (Phi) is 4.43. The van der Waals surface area contributed by atoms with Crippen molar-refractivity contribution in [3.63, 3.8) is 0 Å². The summed E-state index contributed by atoms with van der Waals surface area (Å²) in [5.74, 6) is 2.17. The molecule has 1 atom stereocenters. The molecule has 0 spiro atoms. The molecule has 0 radical (unpaired) electrons. The zero-order valence-corrected chi connectivity index (χ0v) is 11.0. The Labute approximate surface area is 104 Å².